The van der Waals surface area contributed by atoms with Gasteiger partial charge in [-0.3, -0.25) is 14.6 Å². The maximum atomic E-state index is 13.2. The fourth-order valence-electron chi connectivity index (χ4n) is 4.78. The molecule has 3 heterocycles. The van der Waals surface area contributed by atoms with Gasteiger partial charge in [0.05, 0.1) is 12.6 Å². The molecular formula is C22H39N5O. The third-order valence-corrected chi connectivity index (χ3v) is 6.58. The molecule has 3 rings (SSSR count). The zero-order valence-electron chi connectivity index (χ0n) is 18.3. The van der Waals surface area contributed by atoms with E-state index in [2.05, 4.69) is 58.1 Å². The second-order valence-electron chi connectivity index (χ2n) is 8.78. The Morgan fingerprint density at radius 2 is 1.93 bits per heavy atom. The second kappa shape index (κ2) is 9.88. The predicted octanol–water partition coefficient (Wildman–Crippen LogP) is 3.15. The highest BCUT2D eigenvalue weighted by atomic mass is 16.2. The smallest absolute Gasteiger partial charge is 0.239 e. The molecule has 0 saturated carbocycles. The van der Waals surface area contributed by atoms with Crippen LogP contribution in [0.2, 0.25) is 0 Å². The Kier molecular flexibility index (Phi) is 7.52. The summed E-state index contributed by atoms with van der Waals surface area (Å²) in [6.45, 7) is 14.6. The van der Waals surface area contributed by atoms with E-state index in [1.165, 1.54) is 12.8 Å². The van der Waals surface area contributed by atoms with Crippen LogP contribution in [0.4, 0.5) is 0 Å². The average Bonchev–Trinajstić information content (AvgIpc) is 3.05. The molecule has 28 heavy (non-hydrogen) atoms. The zero-order chi connectivity index (χ0) is 20.1. The molecular weight excluding hydrogens is 350 g/mol. The number of hydrogen-bond acceptors (Lipinski definition) is 4. The van der Waals surface area contributed by atoms with Gasteiger partial charge in [-0.25, -0.2) is 4.98 Å². The molecule has 0 spiro atoms. The van der Waals surface area contributed by atoms with Gasteiger partial charge >= 0.3 is 0 Å². The molecule has 0 aliphatic carbocycles. The number of carbonyl (C=O) groups excluding carboxylic acids is 1. The lowest BCUT2D eigenvalue weighted by Crippen LogP contribution is -2.52. The van der Waals surface area contributed by atoms with E-state index in [1.54, 1.807) is 0 Å². The Balaban J connectivity index is 1.56. The summed E-state index contributed by atoms with van der Waals surface area (Å²) in [7, 11) is 0. The van der Waals surface area contributed by atoms with Gasteiger partial charge < -0.3 is 9.47 Å². The lowest BCUT2D eigenvalue weighted by atomic mass is 9.99. The van der Waals surface area contributed by atoms with Gasteiger partial charge in [0.15, 0.2) is 0 Å². The van der Waals surface area contributed by atoms with Gasteiger partial charge in [0.2, 0.25) is 5.91 Å². The molecule has 2 aliphatic heterocycles. The minimum atomic E-state index is -0.00949. The number of likely N-dealkylation sites (tertiary alicyclic amines) is 1. The molecule has 2 fully saturated rings. The lowest BCUT2D eigenvalue weighted by Gasteiger charge is -2.39. The van der Waals surface area contributed by atoms with Crippen molar-refractivity contribution in [2.75, 3.05) is 32.7 Å². The average molecular weight is 390 g/mol. The molecule has 158 valence electrons. The maximum absolute atomic E-state index is 13.2. The summed E-state index contributed by atoms with van der Waals surface area (Å²) < 4.78 is 2.26. The van der Waals surface area contributed by atoms with E-state index < -0.39 is 0 Å². The third-order valence-electron chi connectivity index (χ3n) is 6.58. The van der Waals surface area contributed by atoms with Crippen molar-refractivity contribution in [1.82, 2.24) is 24.3 Å². The van der Waals surface area contributed by atoms with Crippen LogP contribution >= 0.6 is 0 Å². The Bertz CT molecular complexity index is 628. The molecule has 2 unspecified atom stereocenters. The first-order chi connectivity index (χ1) is 13.5. The zero-order valence-corrected chi connectivity index (χ0v) is 18.3. The van der Waals surface area contributed by atoms with Crippen LogP contribution in [0, 0.1) is 0 Å². The maximum Gasteiger partial charge on any atom is 0.239 e. The van der Waals surface area contributed by atoms with Gasteiger partial charge in [-0.15, -0.1) is 0 Å². The second-order valence-corrected chi connectivity index (χ2v) is 8.78. The van der Waals surface area contributed by atoms with Gasteiger partial charge in [-0.1, -0.05) is 6.92 Å². The largest absolute Gasteiger partial charge is 0.338 e. The summed E-state index contributed by atoms with van der Waals surface area (Å²) in [5.41, 5.74) is 0. The van der Waals surface area contributed by atoms with E-state index in [9.17, 15) is 4.79 Å². The number of aromatic nitrogens is 2. The lowest BCUT2D eigenvalue weighted by molar-refractivity contribution is -0.140. The van der Waals surface area contributed by atoms with Crippen LogP contribution in [-0.4, -0.2) is 75.0 Å². The molecule has 2 aliphatic rings. The van der Waals surface area contributed by atoms with Crippen molar-refractivity contribution in [2.24, 2.45) is 0 Å². The minimum Gasteiger partial charge on any atom is -0.338 e. The van der Waals surface area contributed by atoms with Crippen LogP contribution in [0.15, 0.2) is 12.4 Å². The van der Waals surface area contributed by atoms with Crippen LogP contribution < -0.4 is 0 Å². The molecule has 2 saturated heterocycles. The van der Waals surface area contributed by atoms with Crippen molar-refractivity contribution in [1.29, 1.82) is 0 Å². The first-order valence-corrected chi connectivity index (χ1v) is 11.3. The van der Waals surface area contributed by atoms with Crippen molar-refractivity contribution in [3.63, 3.8) is 0 Å². The van der Waals surface area contributed by atoms with Gasteiger partial charge in [0.25, 0.3) is 0 Å². The van der Waals surface area contributed by atoms with Gasteiger partial charge in [0.1, 0.15) is 5.82 Å². The number of amides is 1. The van der Waals surface area contributed by atoms with E-state index in [-0.39, 0.29) is 6.04 Å². The molecule has 0 bridgehead atoms. The van der Waals surface area contributed by atoms with E-state index in [0.717, 1.165) is 64.4 Å². The van der Waals surface area contributed by atoms with Gasteiger partial charge in [0, 0.05) is 50.7 Å². The number of imidazole rings is 1. The Morgan fingerprint density at radius 3 is 2.68 bits per heavy atom. The molecule has 0 aromatic carbocycles. The minimum absolute atomic E-state index is 0.00949. The van der Waals surface area contributed by atoms with Crippen LogP contribution in [0.1, 0.15) is 71.7 Å². The standard InChI is InChI=1S/C22H39N5O/c1-5-20-9-6-7-13-27(20)22(28)19(4)25-12-8-11-24(15-16-25)17-21-23-10-14-26(21)18(2)3/h10,14,18-20H,5-9,11-13,15-17H2,1-4H3. The predicted molar refractivity (Wildman–Crippen MR) is 113 cm³/mol. The van der Waals surface area contributed by atoms with Crippen LogP contribution in [-0.2, 0) is 11.3 Å². The fraction of sp³-hybridized carbons (Fsp3) is 0.818. The molecule has 0 radical (unpaired) electrons. The van der Waals surface area contributed by atoms with Gasteiger partial charge in [-0.05, 0) is 59.4 Å². The first kappa shape index (κ1) is 21.3. The number of carbonyl (C=O) groups is 1. The molecule has 6 nitrogen and oxygen atoms in total. The number of piperidine rings is 1. The number of nitrogens with zero attached hydrogens (tertiary/aromatic N) is 5. The van der Waals surface area contributed by atoms with Crippen molar-refractivity contribution < 1.29 is 4.79 Å². The summed E-state index contributed by atoms with van der Waals surface area (Å²) in [5, 5.41) is 0. The molecule has 1 aromatic rings. The van der Waals surface area contributed by atoms with Crippen LogP contribution in [0.5, 0.6) is 0 Å². The topological polar surface area (TPSA) is 44.6 Å². The van der Waals surface area contributed by atoms with E-state index in [0.29, 0.717) is 18.0 Å². The van der Waals surface area contributed by atoms with Crippen molar-refractivity contribution >= 4 is 5.91 Å². The number of hydrogen-bond donors (Lipinski definition) is 0. The monoisotopic (exact) mass is 389 g/mol. The van der Waals surface area contributed by atoms with Crippen LogP contribution in [0.25, 0.3) is 0 Å². The molecule has 2 atom stereocenters. The Hall–Kier alpha value is -1.40. The quantitative estimate of drug-likeness (QED) is 0.750. The summed E-state index contributed by atoms with van der Waals surface area (Å²) in [4.78, 5) is 24.8. The highest BCUT2D eigenvalue weighted by Crippen LogP contribution is 2.22. The Labute approximate surface area is 170 Å². The molecule has 1 aromatic heterocycles. The highest BCUT2D eigenvalue weighted by molar-refractivity contribution is 5.82. The third kappa shape index (κ3) is 4.95. The van der Waals surface area contributed by atoms with Crippen LogP contribution in [0.3, 0.4) is 0 Å². The normalized spacial score (nSPS) is 23.8. The van der Waals surface area contributed by atoms with Crippen molar-refractivity contribution in [2.45, 2.75) is 84.5 Å². The van der Waals surface area contributed by atoms with E-state index >= 15 is 0 Å². The summed E-state index contributed by atoms with van der Waals surface area (Å²) >= 11 is 0. The molecule has 0 N–H and O–H groups in total. The first-order valence-electron chi connectivity index (χ1n) is 11.3. The molecule has 1 amide bonds. The van der Waals surface area contributed by atoms with E-state index in [4.69, 9.17) is 0 Å². The highest BCUT2D eigenvalue weighted by Gasteiger charge is 2.32. The van der Waals surface area contributed by atoms with Crippen molar-refractivity contribution in [3.05, 3.63) is 18.2 Å². The summed E-state index contributed by atoms with van der Waals surface area (Å²) in [6, 6.07) is 0.876. The fourth-order valence-corrected chi connectivity index (χ4v) is 4.78. The molecule has 6 heteroatoms. The summed E-state index contributed by atoms with van der Waals surface area (Å²) in [6.07, 6.45) is 9.76. The van der Waals surface area contributed by atoms with E-state index in [1.807, 2.05) is 6.20 Å². The van der Waals surface area contributed by atoms with Gasteiger partial charge in [-0.2, -0.15) is 0 Å². The summed E-state index contributed by atoms with van der Waals surface area (Å²) in [5.74, 6) is 1.49. The Morgan fingerprint density at radius 1 is 1.11 bits per heavy atom. The SMILES string of the molecule is CCC1CCCCN1C(=O)C(C)N1CCCN(Cc2nccn2C(C)C)CC1. The van der Waals surface area contributed by atoms with Crippen molar-refractivity contribution in [3.8, 4) is 0 Å². The number of rotatable bonds is 6.